The smallest absolute Gasteiger partial charge is 0.242 e. The van der Waals surface area contributed by atoms with Crippen molar-refractivity contribution in [3.63, 3.8) is 0 Å². The first-order chi connectivity index (χ1) is 9.74. The minimum Gasteiger partial charge on any atom is -0.393 e. The lowest BCUT2D eigenvalue weighted by molar-refractivity contribution is -0.122. The van der Waals surface area contributed by atoms with Crippen LogP contribution < -0.4 is 10.2 Å². The van der Waals surface area contributed by atoms with Gasteiger partial charge in [0.2, 0.25) is 11.9 Å². The molecule has 0 bridgehead atoms. The highest BCUT2D eigenvalue weighted by molar-refractivity contribution is 5.85. The molecule has 1 amide bonds. The van der Waals surface area contributed by atoms with Gasteiger partial charge in [-0.05, 0) is 37.7 Å². The Labute approximate surface area is 118 Å². The summed E-state index contributed by atoms with van der Waals surface area (Å²) in [4.78, 5) is 22.7. The molecule has 0 spiro atoms. The molecular weight excluding hydrogens is 256 g/mol. The summed E-state index contributed by atoms with van der Waals surface area (Å²) in [6, 6.07) is 1.61. The second-order valence-electron chi connectivity index (χ2n) is 5.64. The highest BCUT2D eigenvalue weighted by atomic mass is 16.3. The van der Waals surface area contributed by atoms with E-state index in [0.717, 1.165) is 32.2 Å². The van der Waals surface area contributed by atoms with Crippen LogP contribution in [0.3, 0.4) is 0 Å². The summed E-state index contributed by atoms with van der Waals surface area (Å²) >= 11 is 0. The van der Waals surface area contributed by atoms with Crippen LogP contribution in [0.4, 0.5) is 5.95 Å². The van der Waals surface area contributed by atoms with Crippen LogP contribution in [0.1, 0.15) is 25.7 Å². The Morgan fingerprint density at radius 1 is 1.40 bits per heavy atom. The summed E-state index contributed by atoms with van der Waals surface area (Å²) in [5, 5.41) is 12.2. The lowest BCUT2D eigenvalue weighted by atomic mass is 9.82. The van der Waals surface area contributed by atoms with Crippen LogP contribution in [0.15, 0.2) is 18.5 Å². The minimum absolute atomic E-state index is 0.0522. The molecule has 2 N–H and O–H groups in total. The third-order valence-electron chi connectivity index (χ3n) is 4.14. The van der Waals surface area contributed by atoms with E-state index in [1.54, 1.807) is 18.5 Å². The van der Waals surface area contributed by atoms with E-state index in [9.17, 15) is 9.90 Å². The van der Waals surface area contributed by atoms with E-state index in [4.69, 9.17) is 0 Å². The number of nitrogens with zero attached hydrogens (tertiary/aromatic N) is 3. The van der Waals surface area contributed by atoms with Crippen molar-refractivity contribution in [1.29, 1.82) is 0 Å². The zero-order chi connectivity index (χ0) is 13.9. The van der Waals surface area contributed by atoms with Gasteiger partial charge in [0, 0.05) is 25.5 Å². The monoisotopic (exact) mass is 276 g/mol. The van der Waals surface area contributed by atoms with Crippen LogP contribution in [-0.2, 0) is 4.79 Å². The molecule has 20 heavy (non-hydrogen) atoms. The summed E-state index contributed by atoms with van der Waals surface area (Å²) < 4.78 is 0. The molecule has 0 radical (unpaired) electrons. The van der Waals surface area contributed by atoms with Gasteiger partial charge in [0.1, 0.15) is 6.04 Å². The SMILES string of the molecule is O=C(NCC1CC(O)C1)C1CCCN1c1ncccn1. The molecule has 6 nitrogen and oxygen atoms in total. The number of aliphatic hydroxyl groups is 1. The molecule has 1 aliphatic heterocycles. The van der Waals surface area contributed by atoms with Gasteiger partial charge in [-0.2, -0.15) is 0 Å². The average Bonchev–Trinajstić information content (AvgIpc) is 2.92. The number of rotatable bonds is 4. The van der Waals surface area contributed by atoms with Crippen molar-refractivity contribution in [2.75, 3.05) is 18.0 Å². The Bertz CT molecular complexity index is 462. The molecule has 3 rings (SSSR count). The number of carbonyl (C=O) groups is 1. The maximum Gasteiger partial charge on any atom is 0.242 e. The zero-order valence-electron chi connectivity index (χ0n) is 11.4. The molecule has 1 atom stereocenters. The van der Waals surface area contributed by atoms with E-state index in [0.29, 0.717) is 18.4 Å². The van der Waals surface area contributed by atoms with E-state index < -0.39 is 0 Å². The molecule has 1 saturated heterocycles. The molecule has 1 aromatic rings. The quantitative estimate of drug-likeness (QED) is 0.828. The predicted octanol–water partition coefficient (Wildman–Crippen LogP) is 0.332. The molecule has 2 fully saturated rings. The van der Waals surface area contributed by atoms with Crippen LogP contribution in [0.5, 0.6) is 0 Å². The predicted molar refractivity (Wildman–Crippen MR) is 74.1 cm³/mol. The topological polar surface area (TPSA) is 78.4 Å². The highest BCUT2D eigenvalue weighted by Crippen LogP contribution is 2.26. The maximum absolute atomic E-state index is 12.3. The average molecular weight is 276 g/mol. The normalized spacial score (nSPS) is 29.1. The lowest BCUT2D eigenvalue weighted by Crippen LogP contribution is -2.47. The Kier molecular flexibility index (Phi) is 3.82. The van der Waals surface area contributed by atoms with Gasteiger partial charge >= 0.3 is 0 Å². The molecule has 1 aromatic heterocycles. The second-order valence-corrected chi connectivity index (χ2v) is 5.64. The number of aliphatic hydroxyl groups excluding tert-OH is 1. The van der Waals surface area contributed by atoms with E-state index in [2.05, 4.69) is 15.3 Å². The number of hydrogen-bond donors (Lipinski definition) is 2. The Balaban J connectivity index is 1.56. The van der Waals surface area contributed by atoms with Crippen LogP contribution >= 0.6 is 0 Å². The Hall–Kier alpha value is -1.69. The third-order valence-corrected chi connectivity index (χ3v) is 4.14. The second kappa shape index (κ2) is 5.75. The fraction of sp³-hybridized carbons (Fsp3) is 0.643. The van der Waals surface area contributed by atoms with Crippen LogP contribution in [0.2, 0.25) is 0 Å². The number of aromatic nitrogens is 2. The number of carbonyl (C=O) groups excluding carboxylic acids is 1. The first-order valence-corrected chi connectivity index (χ1v) is 7.23. The van der Waals surface area contributed by atoms with Gasteiger partial charge in [0.05, 0.1) is 6.10 Å². The number of amides is 1. The van der Waals surface area contributed by atoms with E-state index in [1.165, 1.54) is 0 Å². The third kappa shape index (κ3) is 2.75. The maximum atomic E-state index is 12.3. The van der Waals surface area contributed by atoms with Crippen LogP contribution in [0, 0.1) is 5.92 Å². The first kappa shape index (κ1) is 13.3. The van der Waals surface area contributed by atoms with Crippen molar-refractivity contribution in [2.24, 2.45) is 5.92 Å². The fourth-order valence-corrected chi connectivity index (χ4v) is 2.95. The summed E-state index contributed by atoms with van der Waals surface area (Å²) in [5.74, 6) is 1.11. The van der Waals surface area contributed by atoms with Crippen molar-refractivity contribution in [3.05, 3.63) is 18.5 Å². The fourth-order valence-electron chi connectivity index (χ4n) is 2.95. The molecular formula is C14H20N4O2. The summed E-state index contributed by atoms with van der Waals surface area (Å²) in [7, 11) is 0. The minimum atomic E-state index is -0.169. The highest BCUT2D eigenvalue weighted by Gasteiger charge is 2.33. The molecule has 1 saturated carbocycles. The van der Waals surface area contributed by atoms with E-state index >= 15 is 0 Å². The van der Waals surface area contributed by atoms with Crippen LogP contribution in [0.25, 0.3) is 0 Å². The summed E-state index contributed by atoms with van der Waals surface area (Å²) in [5.41, 5.74) is 0. The molecule has 1 aliphatic carbocycles. The van der Waals surface area contributed by atoms with Gasteiger partial charge in [-0.15, -0.1) is 0 Å². The largest absolute Gasteiger partial charge is 0.393 e. The first-order valence-electron chi connectivity index (χ1n) is 7.23. The summed E-state index contributed by atoms with van der Waals surface area (Å²) in [6.45, 7) is 1.49. The van der Waals surface area contributed by atoms with Gasteiger partial charge in [-0.1, -0.05) is 0 Å². The molecule has 6 heteroatoms. The number of nitrogens with one attached hydrogen (secondary N) is 1. The molecule has 2 aliphatic rings. The van der Waals surface area contributed by atoms with Crippen molar-refractivity contribution in [3.8, 4) is 0 Å². The van der Waals surface area contributed by atoms with E-state index in [1.807, 2.05) is 4.90 Å². The zero-order valence-corrected chi connectivity index (χ0v) is 11.4. The Morgan fingerprint density at radius 3 is 2.85 bits per heavy atom. The van der Waals surface area contributed by atoms with Gasteiger partial charge in [0.15, 0.2) is 0 Å². The van der Waals surface area contributed by atoms with Gasteiger partial charge in [-0.3, -0.25) is 4.79 Å². The molecule has 2 heterocycles. The van der Waals surface area contributed by atoms with Crippen LogP contribution in [-0.4, -0.2) is 46.2 Å². The van der Waals surface area contributed by atoms with Crippen molar-refractivity contribution < 1.29 is 9.90 Å². The van der Waals surface area contributed by atoms with Crippen molar-refractivity contribution in [2.45, 2.75) is 37.8 Å². The van der Waals surface area contributed by atoms with Crippen molar-refractivity contribution >= 4 is 11.9 Å². The number of anilines is 1. The van der Waals surface area contributed by atoms with Gasteiger partial charge < -0.3 is 15.3 Å². The standard InChI is InChI=1S/C14H20N4O2/c19-11-7-10(8-11)9-17-13(20)12-3-1-6-18(12)14-15-4-2-5-16-14/h2,4-5,10-12,19H,1,3,6-9H2,(H,17,20). The van der Waals surface area contributed by atoms with Gasteiger partial charge in [-0.25, -0.2) is 9.97 Å². The van der Waals surface area contributed by atoms with Crippen molar-refractivity contribution in [1.82, 2.24) is 15.3 Å². The lowest BCUT2D eigenvalue weighted by Gasteiger charge is -2.32. The summed E-state index contributed by atoms with van der Waals surface area (Å²) in [6.07, 6.45) is 6.66. The van der Waals surface area contributed by atoms with Gasteiger partial charge in [0.25, 0.3) is 0 Å². The number of hydrogen-bond acceptors (Lipinski definition) is 5. The Morgan fingerprint density at radius 2 is 2.15 bits per heavy atom. The molecule has 0 aromatic carbocycles. The van der Waals surface area contributed by atoms with E-state index in [-0.39, 0.29) is 18.1 Å². The molecule has 108 valence electrons. The molecule has 1 unspecified atom stereocenters.